The molecule has 0 amide bonds. The van der Waals surface area contributed by atoms with Gasteiger partial charge >= 0.3 is 5.97 Å². The minimum absolute atomic E-state index is 0.0854. The molecule has 7 nitrogen and oxygen atoms in total. The molecule has 0 unspecified atom stereocenters. The van der Waals surface area contributed by atoms with E-state index in [1.54, 1.807) is 7.11 Å². The number of methoxy groups -OCH3 is 2. The Bertz CT molecular complexity index is 744. The molecule has 25 heavy (non-hydrogen) atoms. The summed E-state index contributed by atoms with van der Waals surface area (Å²) in [7, 11) is 3.06. The second-order valence-electron chi connectivity index (χ2n) is 6.24. The summed E-state index contributed by atoms with van der Waals surface area (Å²) in [6.07, 6.45) is 2.80. The molecule has 1 aromatic heterocycles. The zero-order chi connectivity index (χ0) is 17.8. The van der Waals surface area contributed by atoms with Crippen molar-refractivity contribution in [3.05, 3.63) is 29.7 Å². The lowest BCUT2D eigenvalue weighted by Gasteiger charge is -2.17. The van der Waals surface area contributed by atoms with Gasteiger partial charge in [0.2, 0.25) is 11.7 Å². The average Bonchev–Trinajstić information content (AvgIpc) is 3.29. The molecule has 2 aromatic rings. The fourth-order valence-corrected chi connectivity index (χ4v) is 3.26. The zero-order valence-corrected chi connectivity index (χ0v) is 14.7. The van der Waals surface area contributed by atoms with Crippen LogP contribution in [0.15, 0.2) is 22.7 Å². The fraction of sp³-hybridized carbons (Fsp3) is 0.500. The van der Waals surface area contributed by atoms with Gasteiger partial charge in [0, 0.05) is 11.6 Å². The standard InChI is InChI=1S/C18H23N3O4/c1-11-7-8-12(9-15(11)23-2)17-20-16(25-21-17)10-19-14-6-4-5-13(14)18(22)24-3/h7-9,13-14,19H,4-6,10H2,1-3H3/t13-,14+/m1/s1. The maximum absolute atomic E-state index is 11.8. The lowest BCUT2D eigenvalue weighted by atomic mass is 10.0. The number of nitrogens with zero attached hydrogens (tertiary/aromatic N) is 2. The lowest BCUT2D eigenvalue weighted by molar-refractivity contribution is -0.145. The molecular weight excluding hydrogens is 322 g/mol. The summed E-state index contributed by atoms with van der Waals surface area (Å²) in [5.74, 6) is 1.53. The summed E-state index contributed by atoms with van der Waals surface area (Å²) in [6.45, 7) is 2.40. The van der Waals surface area contributed by atoms with Gasteiger partial charge in [-0.15, -0.1) is 0 Å². The van der Waals surface area contributed by atoms with Gasteiger partial charge in [0.05, 0.1) is 26.7 Å². The van der Waals surface area contributed by atoms with Crippen LogP contribution < -0.4 is 10.1 Å². The number of aromatic nitrogens is 2. The molecule has 0 saturated heterocycles. The second-order valence-corrected chi connectivity index (χ2v) is 6.24. The van der Waals surface area contributed by atoms with Crippen molar-refractivity contribution in [2.24, 2.45) is 5.92 Å². The van der Waals surface area contributed by atoms with Crippen LogP contribution in [-0.2, 0) is 16.1 Å². The van der Waals surface area contributed by atoms with Gasteiger partial charge in [-0.25, -0.2) is 0 Å². The Morgan fingerprint density at radius 3 is 2.96 bits per heavy atom. The lowest BCUT2D eigenvalue weighted by Crippen LogP contribution is -2.36. The topological polar surface area (TPSA) is 86.5 Å². The third-order valence-electron chi connectivity index (χ3n) is 4.67. The highest BCUT2D eigenvalue weighted by Gasteiger charge is 2.33. The van der Waals surface area contributed by atoms with E-state index >= 15 is 0 Å². The number of esters is 1. The highest BCUT2D eigenvalue weighted by atomic mass is 16.5. The van der Waals surface area contributed by atoms with Crippen LogP contribution in [0.25, 0.3) is 11.4 Å². The largest absolute Gasteiger partial charge is 0.496 e. The minimum Gasteiger partial charge on any atom is -0.496 e. The predicted molar refractivity (Wildman–Crippen MR) is 91.0 cm³/mol. The van der Waals surface area contributed by atoms with E-state index in [1.165, 1.54) is 7.11 Å². The molecule has 0 aliphatic heterocycles. The first-order valence-electron chi connectivity index (χ1n) is 8.41. The summed E-state index contributed by atoms with van der Waals surface area (Å²) in [6, 6.07) is 5.87. The number of carbonyl (C=O) groups is 1. The van der Waals surface area contributed by atoms with E-state index in [2.05, 4.69) is 15.5 Å². The van der Waals surface area contributed by atoms with Crippen LogP contribution in [0.1, 0.15) is 30.7 Å². The number of ether oxygens (including phenoxy) is 2. The van der Waals surface area contributed by atoms with Gasteiger partial charge in [0.15, 0.2) is 0 Å². The molecule has 1 aliphatic rings. The van der Waals surface area contributed by atoms with Crippen LogP contribution in [0.5, 0.6) is 5.75 Å². The van der Waals surface area contributed by atoms with E-state index in [1.807, 2.05) is 25.1 Å². The van der Waals surface area contributed by atoms with Crippen molar-refractivity contribution in [1.29, 1.82) is 0 Å². The van der Waals surface area contributed by atoms with Crippen molar-refractivity contribution in [3.63, 3.8) is 0 Å². The van der Waals surface area contributed by atoms with E-state index in [9.17, 15) is 4.79 Å². The minimum atomic E-state index is -0.159. The Hall–Kier alpha value is -2.41. The van der Waals surface area contributed by atoms with Gasteiger partial charge in [-0.1, -0.05) is 23.7 Å². The molecular formula is C18H23N3O4. The number of rotatable bonds is 6. The van der Waals surface area contributed by atoms with Crippen LogP contribution in [0.2, 0.25) is 0 Å². The number of hydrogen-bond acceptors (Lipinski definition) is 7. The Morgan fingerprint density at radius 2 is 2.20 bits per heavy atom. The number of nitrogens with one attached hydrogen (secondary N) is 1. The average molecular weight is 345 g/mol. The molecule has 134 valence electrons. The van der Waals surface area contributed by atoms with Crippen molar-refractivity contribution < 1.29 is 18.8 Å². The molecule has 1 N–H and O–H groups in total. The van der Waals surface area contributed by atoms with Crippen molar-refractivity contribution in [1.82, 2.24) is 15.5 Å². The summed E-state index contributed by atoms with van der Waals surface area (Å²) in [5, 5.41) is 7.37. The number of aryl methyl sites for hydroxylation is 1. The maximum Gasteiger partial charge on any atom is 0.310 e. The third-order valence-corrected chi connectivity index (χ3v) is 4.67. The van der Waals surface area contributed by atoms with Crippen LogP contribution in [-0.4, -0.2) is 36.4 Å². The monoisotopic (exact) mass is 345 g/mol. The molecule has 1 heterocycles. The number of benzene rings is 1. The first-order valence-corrected chi connectivity index (χ1v) is 8.41. The van der Waals surface area contributed by atoms with Gasteiger partial charge in [0.1, 0.15) is 5.75 Å². The Morgan fingerprint density at radius 1 is 1.36 bits per heavy atom. The number of carbonyl (C=O) groups excluding carboxylic acids is 1. The van der Waals surface area contributed by atoms with Crippen LogP contribution in [0.4, 0.5) is 0 Å². The van der Waals surface area contributed by atoms with E-state index < -0.39 is 0 Å². The fourth-order valence-electron chi connectivity index (χ4n) is 3.26. The van der Waals surface area contributed by atoms with E-state index in [4.69, 9.17) is 14.0 Å². The van der Waals surface area contributed by atoms with E-state index in [0.717, 1.165) is 36.1 Å². The van der Waals surface area contributed by atoms with Gasteiger partial charge in [0.25, 0.3) is 0 Å². The zero-order valence-electron chi connectivity index (χ0n) is 14.7. The third kappa shape index (κ3) is 3.82. The van der Waals surface area contributed by atoms with Crippen molar-refractivity contribution >= 4 is 5.97 Å². The van der Waals surface area contributed by atoms with Crippen molar-refractivity contribution in [3.8, 4) is 17.1 Å². The second kappa shape index (κ2) is 7.65. The molecule has 2 atom stereocenters. The first-order chi connectivity index (χ1) is 12.1. The van der Waals surface area contributed by atoms with Gasteiger partial charge in [-0.2, -0.15) is 4.98 Å². The van der Waals surface area contributed by atoms with Gasteiger partial charge in [-0.3, -0.25) is 4.79 Å². The van der Waals surface area contributed by atoms with Gasteiger partial charge in [-0.05, 0) is 31.4 Å². The Labute approximate surface area is 146 Å². The predicted octanol–water partition coefficient (Wildman–Crippen LogP) is 2.48. The Balaban J connectivity index is 1.65. The molecule has 0 bridgehead atoms. The Kier molecular flexibility index (Phi) is 5.33. The summed E-state index contributed by atoms with van der Waals surface area (Å²) < 4.78 is 15.5. The molecule has 0 spiro atoms. The summed E-state index contributed by atoms with van der Waals surface area (Å²) in [4.78, 5) is 16.2. The summed E-state index contributed by atoms with van der Waals surface area (Å²) in [5.41, 5.74) is 1.89. The first kappa shape index (κ1) is 17.4. The van der Waals surface area contributed by atoms with Crippen LogP contribution >= 0.6 is 0 Å². The van der Waals surface area contributed by atoms with Crippen molar-refractivity contribution in [2.45, 2.75) is 38.8 Å². The van der Waals surface area contributed by atoms with Gasteiger partial charge < -0.3 is 19.3 Å². The highest BCUT2D eigenvalue weighted by Crippen LogP contribution is 2.27. The summed E-state index contributed by atoms with van der Waals surface area (Å²) >= 11 is 0. The molecule has 0 radical (unpaired) electrons. The van der Waals surface area contributed by atoms with Crippen molar-refractivity contribution in [2.75, 3.05) is 14.2 Å². The maximum atomic E-state index is 11.8. The van der Waals surface area contributed by atoms with Crippen LogP contribution in [0, 0.1) is 12.8 Å². The molecule has 7 heteroatoms. The smallest absolute Gasteiger partial charge is 0.310 e. The highest BCUT2D eigenvalue weighted by molar-refractivity contribution is 5.73. The SMILES string of the molecule is COC(=O)[C@@H]1CCC[C@@H]1NCc1nc(-c2ccc(C)c(OC)c2)no1. The molecule has 1 aliphatic carbocycles. The quantitative estimate of drug-likeness (QED) is 0.805. The molecule has 1 fully saturated rings. The molecule has 1 saturated carbocycles. The van der Waals surface area contributed by atoms with E-state index in [-0.39, 0.29) is 17.9 Å². The molecule has 3 rings (SSSR count). The van der Waals surface area contributed by atoms with Crippen LogP contribution in [0.3, 0.4) is 0 Å². The van der Waals surface area contributed by atoms with E-state index in [0.29, 0.717) is 18.3 Å². The molecule has 1 aromatic carbocycles. The normalized spacial score (nSPS) is 19.8. The number of hydrogen-bond donors (Lipinski definition) is 1.